The van der Waals surface area contributed by atoms with Crippen molar-refractivity contribution >= 4 is 0 Å². The van der Waals surface area contributed by atoms with E-state index in [1.165, 1.54) is 22.3 Å². The van der Waals surface area contributed by atoms with Crippen LogP contribution in [0.3, 0.4) is 0 Å². The molecule has 0 saturated carbocycles. The van der Waals surface area contributed by atoms with Crippen molar-refractivity contribution in [2.75, 3.05) is 7.11 Å². The third-order valence-corrected chi connectivity index (χ3v) is 3.81. The second-order valence-corrected chi connectivity index (χ2v) is 5.28. The fourth-order valence-corrected chi connectivity index (χ4v) is 2.49. The first-order valence-electron chi connectivity index (χ1n) is 7.08. The van der Waals surface area contributed by atoms with Gasteiger partial charge in [0.05, 0.1) is 7.11 Å². The second-order valence-electron chi connectivity index (χ2n) is 5.28. The largest absolute Gasteiger partial charge is 0.496 e. The van der Waals surface area contributed by atoms with Gasteiger partial charge in [-0.05, 0) is 66.3 Å². The lowest BCUT2D eigenvalue weighted by molar-refractivity contribution is 0.411. The summed E-state index contributed by atoms with van der Waals surface area (Å²) in [5.41, 5.74) is 12.2. The summed E-state index contributed by atoms with van der Waals surface area (Å²) in [7, 11) is 1.71. The number of ether oxygens (including phenoxy) is 1. The van der Waals surface area contributed by atoms with Crippen molar-refractivity contribution in [3.63, 3.8) is 0 Å². The van der Waals surface area contributed by atoms with Crippen LogP contribution in [0, 0.1) is 13.8 Å². The van der Waals surface area contributed by atoms with Gasteiger partial charge < -0.3 is 10.5 Å². The van der Waals surface area contributed by atoms with E-state index in [1.54, 1.807) is 7.11 Å². The minimum atomic E-state index is 0.106. The first-order chi connectivity index (χ1) is 9.56. The lowest BCUT2D eigenvalue weighted by atomic mass is 9.94. The van der Waals surface area contributed by atoms with Crippen molar-refractivity contribution in [1.82, 2.24) is 0 Å². The molecule has 0 bridgehead atoms. The molecule has 0 aliphatic carbocycles. The maximum atomic E-state index is 6.13. The Kier molecular flexibility index (Phi) is 4.46. The Balaban J connectivity index is 2.49. The van der Waals surface area contributed by atoms with Crippen molar-refractivity contribution in [2.45, 2.75) is 33.2 Å². The summed E-state index contributed by atoms with van der Waals surface area (Å²) in [6.45, 7) is 6.30. The van der Waals surface area contributed by atoms with Gasteiger partial charge in [0, 0.05) is 6.04 Å². The van der Waals surface area contributed by atoms with E-state index in [4.69, 9.17) is 10.5 Å². The molecule has 0 aromatic heterocycles. The molecule has 0 aliphatic heterocycles. The predicted molar refractivity (Wildman–Crippen MR) is 85.1 cm³/mol. The molecule has 2 N–H and O–H groups in total. The Morgan fingerprint density at radius 3 is 2.50 bits per heavy atom. The summed E-state index contributed by atoms with van der Waals surface area (Å²) in [5, 5.41) is 0. The quantitative estimate of drug-likeness (QED) is 0.893. The van der Waals surface area contributed by atoms with E-state index in [0.29, 0.717) is 0 Å². The summed E-state index contributed by atoms with van der Waals surface area (Å²) in [6.07, 6.45) is 0.948. The predicted octanol–water partition coefficient (Wildman–Crippen LogP) is 4.39. The Morgan fingerprint density at radius 2 is 1.85 bits per heavy atom. The van der Waals surface area contributed by atoms with Gasteiger partial charge in [0.25, 0.3) is 0 Å². The fourth-order valence-electron chi connectivity index (χ4n) is 2.49. The average molecular weight is 269 g/mol. The molecule has 0 spiro atoms. The zero-order valence-corrected chi connectivity index (χ0v) is 12.7. The highest BCUT2D eigenvalue weighted by Gasteiger charge is 2.09. The van der Waals surface area contributed by atoms with Crippen molar-refractivity contribution in [3.05, 3.63) is 53.1 Å². The van der Waals surface area contributed by atoms with E-state index in [0.717, 1.165) is 17.7 Å². The van der Waals surface area contributed by atoms with Gasteiger partial charge in [0.15, 0.2) is 0 Å². The van der Waals surface area contributed by atoms with E-state index in [-0.39, 0.29) is 6.04 Å². The van der Waals surface area contributed by atoms with Gasteiger partial charge in [-0.25, -0.2) is 0 Å². The molecule has 106 valence electrons. The number of nitrogens with two attached hydrogens (primary N) is 1. The number of hydrogen-bond acceptors (Lipinski definition) is 2. The molecule has 2 aromatic carbocycles. The molecule has 20 heavy (non-hydrogen) atoms. The smallest absolute Gasteiger partial charge is 0.122 e. The fraction of sp³-hybridized carbons (Fsp3) is 0.333. The monoisotopic (exact) mass is 269 g/mol. The number of benzene rings is 2. The molecule has 1 atom stereocenters. The van der Waals surface area contributed by atoms with Gasteiger partial charge in [0.2, 0.25) is 0 Å². The maximum absolute atomic E-state index is 6.13. The normalized spacial score (nSPS) is 12.2. The second kappa shape index (κ2) is 6.10. The van der Waals surface area contributed by atoms with Crippen LogP contribution in [0.4, 0.5) is 0 Å². The molecule has 0 amide bonds. The van der Waals surface area contributed by atoms with Crippen LogP contribution in [0.25, 0.3) is 11.1 Å². The van der Waals surface area contributed by atoms with Crippen LogP contribution in [-0.4, -0.2) is 7.11 Å². The van der Waals surface area contributed by atoms with Gasteiger partial charge in [0.1, 0.15) is 5.75 Å². The van der Waals surface area contributed by atoms with Crippen molar-refractivity contribution < 1.29 is 4.74 Å². The Morgan fingerprint density at radius 1 is 1.10 bits per heavy atom. The van der Waals surface area contributed by atoms with E-state index in [9.17, 15) is 0 Å². The molecule has 2 nitrogen and oxygen atoms in total. The summed E-state index contributed by atoms with van der Waals surface area (Å²) in [5.74, 6) is 0.938. The summed E-state index contributed by atoms with van der Waals surface area (Å²) in [4.78, 5) is 0. The van der Waals surface area contributed by atoms with Gasteiger partial charge >= 0.3 is 0 Å². The molecule has 0 radical (unpaired) electrons. The minimum absolute atomic E-state index is 0.106. The van der Waals surface area contributed by atoms with E-state index < -0.39 is 0 Å². The highest BCUT2D eigenvalue weighted by Crippen LogP contribution is 2.31. The summed E-state index contributed by atoms with van der Waals surface area (Å²) < 4.78 is 5.38. The summed E-state index contributed by atoms with van der Waals surface area (Å²) in [6, 6.07) is 12.9. The van der Waals surface area contributed by atoms with E-state index in [1.807, 2.05) is 0 Å². The first-order valence-corrected chi connectivity index (χ1v) is 7.08. The average Bonchev–Trinajstić information content (AvgIpc) is 2.48. The Labute approximate surface area is 121 Å². The minimum Gasteiger partial charge on any atom is -0.496 e. The van der Waals surface area contributed by atoms with Gasteiger partial charge in [-0.15, -0.1) is 0 Å². The molecule has 1 unspecified atom stereocenters. The van der Waals surface area contributed by atoms with Crippen LogP contribution < -0.4 is 10.5 Å². The van der Waals surface area contributed by atoms with Crippen molar-refractivity contribution in [1.29, 1.82) is 0 Å². The molecule has 0 aliphatic rings. The third-order valence-electron chi connectivity index (χ3n) is 3.81. The zero-order valence-electron chi connectivity index (χ0n) is 12.7. The maximum Gasteiger partial charge on any atom is 0.122 e. The third kappa shape index (κ3) is 2.86. The molecule has 0 fully saturated rings. The zero-order chi connectivity index (χ0) is 14.7. The highest BCUT2D eigenvalue weighted by molar-refractivity contribution is 5.70. The molecule has 2 aromatic rings. The van der Waals surface area contributed by atoms with Crippen LogP contribution in [0.5, 0.6) is 5.75 Å². The highest BCUT2D eigenvalue weighted by atomic mass is 16.5. The van der Waals surface area contributed by atoms with Gasteiger partial charge in [-0.2, -0.15) is 0 Å². The molecule has 2 heteroatoms. The lowest BCUT2D eigenvalue weighted by Crippen LogP contribution is -2.08. The van der Waals surface area contributed by atoms with E-state index >= 15 is 0 Å². The van der Waals surface area contributed by atoms with Crippen molar-refractivity contribution in [3.8, 4) is 16.9 Å². The molecular formula is C18H23NO. The van der Waals surface area contributed by atoms with Crippen LogP contribution in [0.1, 0.15) is 36.1 Å². The van der Waals surface area contributed by atoms with E-state index in [2.05, 4.69) is 57.2 Å². The molecular weight excluding hydrogens is 246 g/mol. The van der Waals surface area contributed by atoms with Crippen LogP contribution in [-0.2, 0) is 0 Å². The van der Waals surface area contributed by atoms with Gasteiger partial charge in [-0.3, -0.25) is 0 Å². The van der Waals surface area contributed by atoms with Gasteiger partial charge in [-0.1, -0.05) is 25.1 Å². The lowest BCUT2D eigenvalue weighted by Gasteiger charge is -2.14. The first kappa shape index (κ1) is 14.6. The molecule has 0 saturated heterocycles. The van der Waals surface area contributed by atoms with Crippen LogP contribution in [0.2, 0.25) is 0 Å². The number of aryl methyl sites for hydroxylation is 2. The Bertz CT molecular complexity index is 604. The molecule has 0 heterocycles. The Hall–Kier alpha value is -1.80. The number of methoxy groups -OCH3 is 1. The number of rotatable bonds is 4. The number of hydrogen-bond donors (Lipinski definition) is 1. The summed E-state index contributed by atoms with van der Waals surface area (Å²) >= 11 is 0. The van der Waals surface area contributed by atoms with Crippen LogP contribution >= 0.6 is 0 Å². The SMILES string of the molecule is CCC(N)c1cccc(-c2cc(C)c(OC)cc2C)c1. The molecule has 2 rings (SSSR count). The van der Waals surface area contributed by atoms with Crippen molar-refractivity contribution in [2.24, 2.45) is 5.73 Å². The standard InChI is InChI=1S/C18H23NO/c1-5-17(19)15-8-6-7-14(11-15)16-9-13(3)18(20-4)10-12(16)2/h6-11,17H,5,19H2,1-4H3. The topological polar surface area (TPSA) is 35.2 Å². The van der Waals surface area contributed by atoms with Crippen LogP contribution in [0.15, 0.2) is 36.4 Å².